The van der Waals surface area contributed by atoms with Gasteiger partial charge in [0.25, 0.3) is 10.0 Å². The number of pyridine rings is 1. The molecule has 0 spiro atoms. The van der Waals surface area contributed by atoms with Crippen molar-refractivity contribution < 1.29 is 17.9 Å². The van der Waals surface area contributed by atoms with Gasteiger partial charge in [0.15, 0.2) is 0 Å². The highest BCUT2D eigenvalue weighted by Gasteiger charge is 2.16. The lowest BCUT2D eigenvalue weighted by Gasteiger charge is -2.10. The number of sulfonamides is 1. The fourth-order valence-corrected chi connectivity index (χ4v) is 2.93. The number of aromatic nitrogens is 1. The van der Waals surface area contributed by atoms with Crippen molar-refractivity contribution >= 4 is 15.7 Å². The fraction of sp³-hybridized carbons (Fsp3) is 0.250. The van der Waals surface area contributed by atoms with E-state index in [4.69, 9.17) is 14.7 Å². The van der Waals surface area contributed by atoms with Gasteiger partial charge in [-0.3, -0.25) is 9.71 Å². The second kappa shape index (κ2) is 8.29. The van der Waals surface area contributed by atoms with Crippen molar-refractivity contribution in [1.29, 1.82) is 5.26 Å². The number of hydrogen-bond acceptors (Lipinski definition) is 6. The molecule has 0 unspecified atom stereocenters. The van der Waals surface area contributed by atoms with Crippen molar-refractivity contribution in [1.82, 2.24) is 4.98 Å². The average molecular weight is 347 g/mol. The molecule has 2 aromatic rings. The Morgan fingerprint density at radius 3 is 2.62 bits per heavy atom. The topological polar surface area (TPSA) is 101 Å². The van der Waals surface area contributed by atoms with Crippen LogP contribution in [0.25, 0.3) is 0 Å². The van der Waals surface area contributed by atoms with E-state index in [9.17, 15) is 8.42 Å². The largest absolute Gasteiger partial charge is 0.491 e. The number of anilines is 1. The second-order valence-electron chi connectivity index (χ2n) is 4.66. The van der Waals surface area contributed by atoms with Gasteiger partial charge in [-0.05, 0) is 37.3 Å². The number of rotatable bonds is 8. The summed E-state index contributed by atoms with van der Waals surface area (Å²) in [5, 5.41) is 8.99. The molecule has 8 heteroatoms. The van der Waals surface area contributed by atoms with Crippen LogP contribution < -0.4 is 9.46 Å². The highest BCUT2D eigenvalue weighted by atomic mass is 32.2. The van der Waals surface area contributed by atoms with Crippen LogP contribution in [0, 0.1) is 11.3 Å². The van der Waals surface area contributed by atoms with Crippen LogP contribution >= 0.6 is 0 Å². The minimum Gasteiger partial charge on any atom is -0.491 e. The maximum Gasteiger partial charge on any atom is 0.261 e. The van der Waals surface area contributed by atoms with E-state index >= 15 is 0 Å². The minimum absolute atomic E-state index is 0.0698. The molecule has 0 aliphatic heterocycles. The third kappa shape index (κ3) is 4.68. The Kier molecular flexibility index (Phi) is 6.12. The van der Waals surface area contributed by atoms with Gasteiger partial charge in [-0.1, -0.05) is 0 Å². The van der Waals surface area contributed by atoms with E-state index in [1.54, 1.807) is 12.1 Å². The van der Waals surface area contributed by atoms with E-state index < -0.39 is 10.0 Å². The Bertz CT molecular complexity index is 814. The molecule has 0 saturated heterocycles. The van der Waals surface area contributed by atoms with E-state index in [-0.39, 0.29) is 16.1 Å². The van der Waals surface area contributed by atoms with Crippen LogP contribution in [0.15, 0.2) is 47.6 Å². The Balaban J connectivity index is 2.08. The third-order valence-electron chi connectivity index (χ3n) is 3.02. The standard InChI is InChI=1S/C16H17N3O4S/c1-2-22-9-10-23-14-3-5-15(6-4-14)24(20,21)19-16-7-8-18-12-13(16)11-17/h3-8,12H,2,9-10H2,1H3,(H,18,19). The highest BCUT2D eigenvalue weighted by Crippen LogP contribution is 2.20. The van der Waals surface area contributed by atoms with E-state index in [0.29, 0.717) is 25.6 Å². The zero-order valence-electron chi connectivity index (χ0n) is 13.1. The van der Waals surface area contributed by atoms with Crippen LogP contribution in [0.2, 0.25) is 0 Å². The summed E-state index contributed by atoms with van der Waals surface area (Å²) in [6, 6.07) is 9.33. The summed E-state index contributed by atoms with van der Waals surface area (Å²) in [7, 11) is -3.80. The number of nitrogens with zero attached hydrogens (tertiary/aromatic N) is 2. The molecular weight excluding hydrogens is 330 g/mol. The maximum absolute atomic E-state index is 12.4. The first-order chi connectivity index (χ1) is 11.6. The van der Waals surface area contributed by atoms with E-state index in [2.05, 4.69) is 9.71 Å². The van der Waals surface area contributed by atoms with E-state index in [1.807, 2.05) is 13.0 Å². The lowest BCUT2D eigenvalue weighted by molar-refractivity contribution is 0.110. The zero-order chi connectivity index (χ0) is 17.4. The molecule has 1 aromatic heterocycles. The first-order valence-corrected chi connectivity index (χ1v) is 8.72. The molecule has 0 bridgehead atoms. The first kappa shape index (κ1) is 17.7. The smallest absolute Gasteiger partial charge is 0.261 e. The van der Waals surface area contributed by atoms with Gasteiger partial charge in [-0.2, -0.15) is 5.26 Å². The van der Waals surface area contributed by atoms with Crippen molar-refractivity contribution in [2.24, 2.45) is 0 Å². The Labute approximate surface area is 140 Å². The summed E-state index contributed by atoms with van der Waals surface area (Å²) in [4.78, 5) is 3.86. The molecule has 0 saturated carbocycles. The van der Waals surface area contributed by atoms with Crippen molar-refractivity contribution in [2.75, 3.05) is 24.5 Å². The van der Waals surface area contributed by atoms with Crippen LogP contribution in [0.5, 0.6) is 5.75 Å². The van der Waals surface area contributed by atoms with Crippen LogP contribution in [-0.2, 0) is 14.8 Å². The normalized spacial score (nSPS) is 10.8. The number of nitriles is 1. The van der Waals surface area contributed by atoms with Crippen LogP contribution in [0.1, 0.15) is 12.5 Å². The predicted octanol–water partition coefficient (Wildman–Crippen LogP) is 2.17. The lowest BCUT2D eigenvalue weighted by Crippen LogP contribution is -2.14. The average Bonchev–Trinajstić information content (AvgIpc) is 2.59. The monoisotopic (exact) mass is 347 g/mol. The van der Waals surface area contributed by atoms with Crippen LogP contribution in [-0.4, -0.2) is 33.2 Å². The van der Waals surface area contributed by atoms with Gasteiger partial charge in [0.1, 0.15) is 18.4 Å². The molecule has 0 atom stereocenters. The van der Waals surface area contributed by atoms with Crippen molar-refractivity contribution in [3.05, 3.63) is 48.3 Å². The Morgan fingerprint density at radius 2 is 1.96 bits per heavy atom. The summed E-state index contributed by atoms with van der Waals surface area (Å²) < 4.78 is 37.7. The van der Waals surface area contributed by atoms with Crippen LogP contribution in [0.4, 0.5) is 5.69 Å². The van der Waals surface area contributed by atoms with Gasteiger partial charge in [0.2, 0.25) is 0 Å². The molecule has 0 amide bonds. The van der Waals surface area contributed by atoms with Gasteiger partial charge < -0.3 is 9.47 Å². The molecule has 0 fully saturated rings. The number of benzene rings is 1. The molecule has 1 heterocycles. The van der Waals surface area contributed by atoms with E-state index in [0.717, 1.165) is 0 Å². The van der Waals surface area contributed by atoms with Gasteiger partial charge in [-0.15, -0.1) is 0 Å². The van der Waals surface area contributed by atoms with Crippen molar-refractivity contribution in [3.8, 4) is 11.8 Å². The second-order valence-corrected chi connectivity index (χ2v) is 6.34. The maximum atomic E-state index is 12.4. The number of nitrogens with one attached hydrogen (secondary N) is 1. The summed E-state index contributed by atoms with van der Waals surface area (Å²) >= 11 is 0. The third-order valence-corrected chi connectivity index (χ3v) is 4.40. The van der Waals surface area contributed by atoms with Gasteiger partial charge in [-0.25, -0.2) is 8.42 Å². The molecule has 1 aromatic carbocycles. The summed E-state index contributed by atoms with van der Waals surface area (Å²) in [5.74, 6) is 0.551. The molecule has 0 radical (unpaired) electrons. The SMILES string of the molecule is CCOCCOc1ccc(S(=O)(=O)Nc2ccncc2C#N)cc1. The first-order valence-electron chi connectivity index (χ1n) is 7.24. The molecular formula is C16H17N3O4S. The van der Waals surface area contributed by atoms with Gasteiger partial charge in [0, 0.05) is 19.0 Å². The number of hydrogen-bond donors (Lipinski definition) is 1. The summed E-state index contributed by atoms with van der Waals surface area (Å²) in [6.45, 7) is 3.37. The minimum atomic E-state index is -3.80. The molecule has 0 aliphatic rings. The number of ether oxygens (including phenoxy) is 2. The van der Waals surface area contributed by atoms with Crippen molar-refractivity contribution in [2.45, 2.75) is 11.8 Å². The molecule has 2 rings (SSSR count). The summed E-state index contributed by atoms with van der Waals surface area (Å²) in [5.41, 5.74) is 0.335. The van der Waals surface area contributed by atoms with Gasteiger partial charge >= 0.3 is 0 Å². The Hall–Kier alpha value is -2.63. The molecule has 1 N–H and O–H groups in total. The van der Waals surface area contributed by atoms with Gasteiger partial charge in [0.05, 0.1) is 22.8 Å². The molecule has 24 heavy (non-hydrogen) atoms. The quantitative estimate of drug-likeness (QED) is 0.734. The van der Waals surface area contributed by atoms with Crippen LogP contribution in [0.3, 0.4) is 0 Å². The molecule has 7 nitrogen and oxygen atoms in total. The summed E-state index contributed by atoms with van der Waals surface area (Å²) in [6.07, 6.45) is 2.71. The zero-order valence-corrected chi connectivity index (χ0v) is 13.9. The molecule has 0 aliphatic carbocycles. The molecule has 126 valence electrons. The fourth-order valence-electron chi connectivity index (χ4n) is 1.85. The van der Waals surface area contributed by atoms with Crippen molar-refractivity contribution in [3.63, 3.8) is 0 Å². The lowest BCUT2D eigenvalue weighted by atomic mass is 10.3. The Morgan fingerprint density at radius 1 is 1.21 bits per heavy atom. The highest BCUT2D eigenvalue weighted by molar-refractivity contribution is 7.92. The van der Waals surface area contributed by atoms with E-state index in [1.165, 1.54) is 30.6 Å². The predicted molar refractivity (Wildman–Crippen MR) is 88.2 cm³/mol.